The molecule has 0 radical (unpaired) electrons. The fourth-order valence-corrected chi connectivity index (χ4v) is 2.41. The summed E-state index contributed by atoms with van der Waals surface area (Å²) in [6.45, 7) is 0. The Balaban J connectivity index is 1.92. The molecule has 0 saturated heterocycles. The van der Waals surface area contributed by atoms with Crippen LogP contribution in [-0.2, 0) is 4.79 Å². The van der Waals surface area contributed by atoms with E-state index in [0.717, 1.165) is 16.3 Å². The van der Waals surface area contributed by atoms with Crippen LogP contribution in [0.15, 0.2) is 72.3 Å². The number of rotatable bonds is 3. The number of nitrogens with zero attached hydrogens (tertiary/aromatic N) is 1. The molecule has 0 unspecified atom stereocenters. The smallest absolute Gasteiger partial charge is 0.266 e. The first-order valence-electron chi connectivity index (χ1n) is 7.34. The van der Waals surface area contributed by atoms with E-state index in [9.17, 15) is 14.4 Å². The first kappa shape index (κ1) is 15.4. The van der Waals surface area contributed by atoms with Crippen molar-refractivity contribution in [2.75, 3.05) is 5.32 Å². The topological polar surface area (TPSA) is 52.9 Å². The summed E-state index contributed by atoms with van der Waals surface area (Å²) in [5.41, 5.74) is 1.20. The number of amides is 1. The molecule has 3 nitrogen and oxygen atoms in total. The molecule has 3 aromatic carbocycles. The zero-order valence-corrected chi connectivity index (χ0v) is 12.7. The van der Waals surface area contributed by atoms with Gasteiger partial charge >= 0.3 is 0 Å². The Bertz CT molecular complexity index is 964. The van der Waals surface area contributed by atoms with Crippen molar-refractivity contribution in [2.24, 2.45) is 0 Å². The number of anilines is 1. The molecule has 24 heavy (non-hydrogen) atoms. The predicted molar refractivity (Wildman–Crippen MR) is 92.6 cm³/mol. The average molecular weight is 316 g/mol. The zero-order valence-electron chi connectivity index (χ0n) is 12.7. The van der Waals surface area contributed by atoms with Crippen LogP contribution in [0.4, 0.5) is 10.1 Å². The molecule has 0 fully saturated rings. The van der Waals surface area contributed by atoms with Crippen LogP contribution >= 0.6 is 0 Å². The van der Waals surface area contributed by atoms with Crippen LogP contribution in [0.25, 0.3) is 16.8 Å². The first-order chi connectivity index (χ1) is 11.7. The van der Waals surface area contributed by atoms with Gasteiger partial charge in [-0.1, -0.05) is 42.5 Å². The Labute approximate surface area is 138 Å². The maximum atomic E-state index is 12.9. The van der Waals surface area contributed by atoms with Gasteiger partial charge in [0.15, 0.2) is 0 Å². The number of nitrogens with one attached hydrogen (secondary N) is 1. The van der Waals surface area contributed by atoms with E-state index in [1.54, 1.807) is 6.08 Å². The van der Waals surface area contributed by atoms with Crippen molar-refractivity contribution < 1.29 is 9.18 Å². The summed E-state index contributed by atoms with van der Waals surface area (Å²) in [5.74, 6) is -0.920. The van der Waals surface area contributed by atoms with Gasteiger partial charge in [0.05, 0.1) is 0 Å². The highest BCUT2D eigenvalue weighted by molar-refractivity contribution is 6.10. The van der Waals surface area contributed by atoms with Crippen LogP contribution in [0, 0.1) is 17.1 Å². The molecule has 0 spiro atoms. The van der Waals surface area contributed by atoms with Crippen LogP contribution in [0.1, 0.15) is 5.56 Å². The van der Waals surface area contributed by atoms with Crippen LogP contribution in [0.2, 0.25) is 0 Å². The predicted octanol–water partition coefficient (Wildman–Crippen LogP) is 4.52. The van der Waals surface area contributed by atoms with Gasteiger partial charge in [-0.25, -0.2) is 4.39 Å². The minimum Gasteiger partial charge on any atom is -0.321 e. The number of fused-ring (bicyclic) bond motifs is 1. The number of halogens is 1. The molecule has 116 valence electrons. The van der Waals surface area contributed by atoms with Gasteiger partial charge in [0.25, 0.3) is 5.91 Å². The highest BCUT2D eigenvalue weighted by Gasteiger charge is 2.10. The highest BCUT2D eigenvalue weighted by Crippen LogP contribution is 2.21. The molecule has 0 aliphatic rings. The van der Waals surface area contributed by atoms with Crippen molar-refractivity contribution >= 4 is 28.4 Å². The molecule has 1 amide bonds. The quantitative estimate of drug-likeness (QED) is 0.570. The number of benzene rings is 3. The normalized spacial score (nSPS) is 11.1. The van der Waals surface area contributed by atoms with E-state index >= 15 is 0 Å². The molecule has 3 aromatic rings. The van der Waals surface area contributed by atoms with Gasteiger partial charge in [-0.05, 0) is 46.7 Å². The second-order valence-corrected chi connectivity index (χ2v) is 5.20. The van der Waals surface area contributed by atoms with Crippen molar-refractivity contribution in [1.29, 1.82) is 5.26 Å². The highest BCUT2D eigenvalue weighted by atomic mass is 19.1. The van der Waals surface area contributed by atoms with Gasteiger partial charge in [-0.2, -0.15) is 5.26 Å². The van der Waals surface area contributed by atoms with E-state index in [-0.39, 0.29) is 11.4 Å². The molecule has 0 atom stereocenters. The summed E-state index contributed by atoms with van der Waals surface area (Å²) in [6.07, 6.45) is 1.56. The standard InChI is InChI=1S/C20H13FN2O/c21-17-8-10-18(11-9-17)23-20(24)16(13-22)12-15-6-3-5-14-4-1-2-7-19(14)15/h1-12H,(H,23,24)/b16-12+. The Morgan fingerprint density at radius 3 is 2.46 bits per heavy atom. The monoisotopic (exact) mass is 316 g/mol. The Morgan fingerprint density at radius 2 is 1.71 bits per heavy atom. The molecular formula is C20H13FN2O. The second kappa shape index (κ2) is 6.76. The van der Waals surface area contributed by atoms with Gasteiger partial charge in [0.2, 0.25) is 0 Å². The minimum atomic E-state index is -0.531. The van der Waals surface area contributed by atoms with Gasteiger partial charge in [0.1, 0.15) is 17.5 Å². The zero-order chi connectivity index (χ0) is 16.9. The van der Waals surface area contributed by atoms with Gasteiger partial charge in [0, 0.05) is 5.69 Å². The Morgan fingerprint density at radius 1 is 1.00 bits per heavy atom. The third-order valence-corrected chi connectivity index (χ3v) is 3.59. The lowest BCUT2D eigenvalue weighted by molar-refractivity contribution is -0.112. The molecule has 0 aliphatic carbocycles. The van der Waals surface area contributed by atoms with Crippen molar-refractivity contribution in [1.82, 2.24) is 0 Å². The lowest BCUT2D eigenvalue weighted by atomic mass is 10.0. The number of carbonyl (C=O) groups is 1. The maximum absolute atomic E-state index is 12.9. The summed E-state index contributed by atoms with van der Waals surface area (Å²) in [4.78, 5) is 12.3. The summed E-state index contributed by atoms with van der Waals surface area (Å²) in [7, 11) is 0. The third-order valence-electron chi connectivity index (χ3n) is 3.59. The molecule has 3 rings (SSSR count). The van der Waals surface area contributed by atoms with E-state index in [2.05, 4.69) is 5.32 Å². The van der Waals surface area contributed by atoms with Crippen LogP contribution in [-0.4, -0.2) is 5.91 Å². The first-order valence-corrected chi connectivity index (χ1v) is 7.34. The fourth-order valence-electron chi connectivity index (χ4n) is 2.41. The van der Waals surface area contributed by atoms with E-state index < -0.39 is 5.91 Å². The molecule has 4 heteroatoms. The van der Waals surface area contributed by atoms with Crippen LogP contribution < -0.4 is 5.32 Å². The van der Waals surface area contributed by atoms with Gasteiger partial charge in [-0.15, -0.1) is 0 Å². The number of hydrogen-bond donors (Lipinski definition) is 1. The SMILES string of the molecule is N#C/C(=C\c1cccc2ccccc12)C(=O)Nc1ccc(F)cc1. The van der Waals surface area contributed by atoms with Crippen molar-refractivity contribution in [3.8, 4) is 6.07 Å². The van der Waals surface area contributed by atoms with Gasteiger partial charge in [-0.3, -0.25) is 4.79 Å². The van der Waals surface area contributed by atoms with E-state index in [1.807, 2.05) is 48.5 Å². The number of nitriles is 1. The van der Waals surface area contributed by atoms with Gasteiger partial charge < -0.3 is 5.32 Å². The Hall–Kier alpha value is -3.45. The molecule has 0 bridgehead atoms. The summed E-state index contributed by atoms with van der Waals surface area (Å²) in [5, 5.41) is 13.9. The molecule has 0 saturated carbocycles. The summed E-state index contributed by atoms with van der Waals surface area (Å²) in [6, 6.07) is 20.7. The fraction of sp³-hybridized carbons (Fsp3) is 0. The summed E-state index contributed by atoms with van der Waals surface area (Å²) < 4.78 is 12.9. The largest absolute Gasteiger partial charge is 0.321 e. The second-order valence-electron chi connectivity index (χ2n) is 5.20. The molecule has 0 heterocycles. The molecular weight excluding hydrogens is 303 g/mol. The number of carbonyl (C=O) groups excluding carboxylic acids is 1. The molecule has 0 aromatic heterocycles. The molecule has 1 N–H and O–H groups in total. The van der Waals surface area contributed by atoms with Crippen LogP contribution in [0.5, 0.6) is 0 Å². The average Bonchev–Trinajstić information content (AvgIpc) is 2.61. The van der Waals surface area contributed by atoms with Crippen molar-refractivity contribution in [2.45, 2.75) is 0 Å². The van der Waals surface area contributed by atoms with E-state index in [1.165, 1.54) is 24.3 Å². The summed E-state index contributed by atoms with van der Waals surface area (Å²) >= 11 is 0. The van der Waals surface area contributed by atoms with Crippen molar-refractivity contribution in [3.05, 3.63) is 83.7 Å². The third kappa shape index (κ3) is 3.31. The van der Waals surface area contributed by atoms with E-state index in [4.69, 9.17) is 0 Å². The van der Waals surface area contributed by atoms with Crippen molar-refractivity contribution in [3.63, 3.8) is 0 Å². The Kier molecular flexibility index (Phi) is 4.35. The van der Waals surface area contributed by atoms with E-state index in [0.29, 0.717) is 5.69 Å². The van der Waals surface area contributed by atoms with Crippen LogP contribution in [0.3, 0.4) is 0 Å². The lowest BCUT2D eigenvalue weighted by Crippen LogP contribution is -2.13. The maximum Gasteiger partial charge on any atom is 0.266 e. The minimum absolute atomic E-state index is 0.0179. The lowest BCUT2D eigenvalue weighted by Gasteiger charge is -2.05. The molecule has 0 aliphatic heterocycles. The number of hydrogen-bond acceptors (Lipinski definition) is 2.